The van der Waals surface area contributed by atoms with Crippen LogP contribution in [0.2, 0.25) is 0 Å². The number of rotatable bonds is 5. The number of H-pyrrole nitrogens is 1. The summed E-state index contributed by atoms with van der Waals surface area (Å²) in [5, 5.41) is 2.75. The zero-order valence-electron chi connectivity index (χ0n) is 10.0. The van der Waals surface area contributed by atoms with Gasteiger partial charge in [-0.05, 0) is 11.8 Å². The van der Waals surface area contributed by atoms with Crippen molar-refractivity contribution in [1.82, 2.24) is 10.3 Å². The third kappa shape index (κ3) is 4.23. The number of carbonyl (C=O) groups is 1. The third-order valence-electron chi connectivity index (χ3n) is 2.57. The fraction of sp³-hybridized carbons (Fsp3) is 0.500. The summed E-state index contributed by atoms with van der Waals surface area (Å²) in [7, 11) is 0. The largest absolute Gasteiger partial charge is 0.367 e. The van der Waals surface area contributed by atoms with Crippen LogP contribution in [0.25, 0.3) is 0 Å². The Morgan fingerprint density at radius 2 is 2.24 bits per heavy atom. The molecule has 1 rings (SSSR count). The third-order valence-corrected chi connectivity index (χ3v) is 2.76. The lowest BCUT2D eigenvalue weighted by atomic mass is 9.90. The van der Waals surface area contributed by atoms with Crippen LogP contribution < -0.4 is 10.7 Å². The molecule has 0 aliphatic carbocycles. The van der Waals surface area contributed by atoms with Crippen LogP contribution in [0.3, 0.4) is 0 Å². The molecule has 0 saturated heterocycles. The number of nitrogens with one attached hydrogen (secondary N) is 2. The molecule has 0 spiro atoms. The normalized spacial score (nSPS) is 11.2. The van der Waals surface area contributed by atoms with Crippen molar-refractivity contribution in [3.8, 4) is 0 Å². The van der Waals surface area contributed by atoms with Gasteiger partial charge >= 0.3 is 0 Å². The topological polar surface area (TPSA) is 62.0 Å². The Hall–Kier alpha value is -1.29. The maximum absolute atomic E-state index is 11.8. The first kappa shape index (κ1) is 13.8. The van der Waals surface area contributed by atoms with Crippen LogP contribution in [0.4, 0.5) is 0 Å². The van der Waals surface area contributed by atoms with E-state index in [1.165, 1.54) is 18.5 Å². The smallest absolute Gasteiger partial charge is 0.256 e. The van der Waals surface area contributed by atoms with Crippen molar-refractivity contribution in [1.29, 1.82) is 0 Å². The van der Waals surface area contributed by atoms with E-state index in [2.05, 4.69) is 10.3 Å². The van der Waals surface area contributed by atoms with Gasteiger partial charge in [0, 0.05) is 30.9 Å². The molecule has 17 heavy (non-hydrogen) atoms. The van der Waals surface area contributed by atoms with Crippen molar-refractivity contribution in [3.05, 3.63) is 34.2 Å². The molecule has 1 heterocycles. The minimum atomic E-state index is -0.352. The van der Waals surface area contributed by atoms with E-state index in [0.717, 1.165) is 6.42 Å². The molecule has 2 N–H and O–H groups in total. The number of pyridine rings is 1. The number of aromatic nitrogens is 1. The molecule has 1 aromatic rings. The molecule has 1 aromatic heterocycles. The summed E-state index contributed by atoms with van der Waals surface area (Å²) in [6.45, 7) is 4.53. The monoisotopic (exact) mass is 256 g/mol. The highest BCUT2D eigenvalue weighted by Crippen LogP contribution is 2.19. The van der Waals surface area contributed by atoms with E-state index in [-0.39, 0.29) is 22.3 Å². The Bertz CT molecular complexity index is 440. The van der Waals surface area contributed by atoms with Gasteiger partial charge < -0.3 is 10.3 Å². The molecule has 0 unspecified atom stereocenters. The highest BCUT2D eigenvalue weighted by molar-refractivity contribution is 6.17. The Balaban J connectivity index is 2.63. The summed E-state index contributed by atoms with van der Waals surface area (Å²) in [6, 6.07) is 1.33. The van der Waals surface area contributed by atoms with Gasteiger partial charge in [0.1, 0.15) is 5.56 Å². The van der Waals surface area contributed by atoms with E-state index in [9.17, 15) is 9.59 Å². The molecule has 4 nitrogen and oxygen atoms in total. The number of carbonyl (C=O) groups excluding carboxylic acids is 1. The number of aromatic amines is 1. The number of hydrogen-bond donors (Lipinski definition) is 2. The second-order valence-corrected chi connectivity index (χ2v) is 5.09. The average molecular weight is 257 g/mol. The zero-order chi connectivity index (χ0) is 12.9. The van der Waals surface area contributed by atoms with E-state index in [1.807, 2.05) is 13.8 Å². The standard InChI is InChI=1S/C12H17ClN2O2/c1-12(2,4-5-13)8-15-11(17)9-7-14-6-3-10(9)16/h3,6-7H,4-5,8H2,1-2H3,(H,14,16)(H,15,17). The molecule has 5 heteroatoms. The van der Waals surface area contributed by atoms with Crippen molar-refractivity contribution in [2.24, 2.45) is 5.41 Å². The molecule has 0 aromatic carbocycles. The predicted octanol–water partition coefficient (Wildman–Crippen LogP) is 1.76. The van der Waals surface area contributed by atoms with Crippen LogP contribution in [0.1, 0.15) is 30.6 Å². The molecule has 0 saturated carbocycles. The van der Waals surface area contributed by atoms with Crippen molar-refractivity contribution < 1.29 is 4.79 Å². The second kappa shape index (κ2) is 5.87. The molecule has 1 amide bonds. The fourth-order valence-corrected chi connectivity index (χ4v) is 1.86. The summed E-state index contributed by atoms with van der Waals surface area (Å²) >= 11 is 5.68. The number of amides is 1. The predicted molar refractivity (Wildman–Crippen MR) is 68.5 cm³/mol. The van der Waals surface area contributed by atoms with Crippen molar-refractivity contribution in [2.45, 2.75) is 20.3 Å². The minimum absolute atomic E-state index is 0.0705. The van der Waals surface area contributed by atoms with Gasteiger partial charge in [-0.2, -0.15) is 0 Å². The van der Waals surface area contributed by atoms with Crippen molar-refractivity contribution >= 4 is 17.5 Å². The van der Waals surface area contributed by atoms with Crippen LogP contribution in [-0.2, 0) is 0 Å². The van der Waals surface area contributed by atoms with Crippen LogP contribution >= 0.6 is 11.6 Å². The summed E-state index contributed by atoms with van der Waals surface area (Å²) < 4.78 is 0. The van der Waals surface area contributed by atoms with Crippen LogP contribution in [0, 0.1) is 5.41 Å². The average Bonchev–Trinajstić information content (AvgIpc) is 2.27. The van der Waals surface area contributed by atoms with Gasteiger partial charge in [-0.1, -0.05) is 13.8 Å². The molecular formula is C12H17ClN2O2. The van der Waals surface area contributed by atoms with Gasteiger partial charge in [0.15, 0.2) is 5.43 Å². The SMILES string of the molecule is CC(C)(CCCl)CNC(=O)c1c[nH]ccc1=O. The lowest BCUT2D eigenvalue weighted by Crippen LogP contribution is -2.36. The molecule has 0 radical (unpaired) electrons. The van der Waals surface area contributed by atoms with E-state index in [0.29, 0.717) is 12.4 Å². The Morgan fingerprint density at radius 3 is 2.82 bits per heavy atom. The number of halogens is 1. The molecule has 0 aliphatic rings. The van der Waals surface area contributed by atoms with E-state index in [1.54, 1.807) is 0 Å². The Labute approximate surface area is 105 Å². The minimum Gasteiger partial charge on any atom is -0.367 e. The first-order chi connectivity index (χ1) is 7.96. The number of alkyl halides is 1. The first-order valence-corrected chi connectivity index (χ1v) is 6.01. The van der Waals surface area contributed by atoms with Crippen molar-refractivity contribution in [2.75, 3.05) is 12.4 Å². The van der Waals surface area contributed by atoms with Gasteiger partial charge in [0.25, 0.3) is 5.91 Å². The van der Waals surface area contributed by atoms with Gasteiger partial charge in [-0.15, -0.1) is 11.6 Å². The molecule has 0 aliphatic heterocycles. The van der Waals surface area contributed by atoms with Crippen LogP contribution in [0.5, 0.6) is 0 Å². The molecular weight excluding hydrogens is 240 g/mol. The highest BCUT2D eigenvalue weighted by atomic mass is 35.5. The zero-order valence-corrected chi connectivity index (χ0v) is 10.8. The highest BCUT2D eigenvalue weighted by Gasteiger charge is 2.19. The fourth-order valence-electron chi connectivity index (χ4n) is 1.35. The van der Waals surface area contributed by atoms with Gasteiger partial charge in [0.05, 0.1) is 0 Å². The molecule has 0 fully saturated rings. The molecule has 94 valence electrons. The Kier molecular flexibility index (Phi) is 4.75. The second-order valence-electron chi connectivity index (χ2n) is 4.71. The maximum atomic E-state index is 11.8. The number of hydrogen-bond acceptors (Lipinski definition) is 2. The van der Waals surface area contributed by atoms with Gasteiger partial charge in [-0.3, -0.25) is 9.59 Å². The van der Waals surface area contributed by atoms with E-state index >= 15 is 0 Å². The summed E-state index contributed by atoms with van der Waals surface area (Å²) in [6.07, 6.45) is 3.71. The van der Waals surface area contributed by atoms with Crippen molar-refractivity contribution in [3.63, 3.8) is 0 Å². The summed E-state index contributed by atoms with van der Waals surface area (Å²) in [4.78, 5) is 25.9. The lowest BCUT2D eigenvalue weighted by molar-refractivity contribution is 0.0934. The maximum Gasteiger partial charge on any atom is 0.256 e. The molecule has 0 atom stereocenters. The molecule has 0 bridgehead atoms. The van der Waals surface area contributed by atoms with Gasteiger partial charge in [-0.25, -0.2) is 0 Å². The van der Waals surface area contributed by atoms with Crippen LogP contribution in [-0.4, -0.2) is 23.3 Å². The van der Waals surface area contributed by atoms with E-state index < -0.39 is 0 Å². The van der Waals surface area contributed by atoms with Crippen LogP contribution in [0.15, 0.2) is 23.3 Å². The Morgan fingerprint density at radius 1 is 1.53 bits per heavy atom. The summed E-state index contributed by atoms with van der Waals surface area (Å²) in [5.41, 5.74) is -0.218. The summed E-state index contributed by atoms with van der Waals surface area (Å²) in [5.74, 6) is 0.198. The van der Waals surface area contributed by atoms with E-state index in [4.69, 9.17) is 11.6 Å². The van der Waals surface area contributed by atoms with Gasteiger partial charge in [0.2, 0.25) is 0 Å². The quantitative estimate of drug-likeness (QED) is 0.789. The lowest BCUT2D eigenvalue weighted by Gasteiger charge is -2.23. The first-order valence-electron chi connectivity index (χ1n) is 5.47.